The Labute approximate surface area is 117 Å². The quantitative estimate of drug-likeness (QED) is 0.444. The molecule has 2 aromatic rings. The van der Waals surface area contributed by atoms with Gasteiger partial charge in [-0.1, -0.05) is 0 Å². The van der Waals surface area contributed by atoms with E-state index in [0.29, 0.717) is 0 Å². The number of H-pyrrole nitrogens is 1. The minimum Gasteiger partial charge on any atom is -0.412 e. The van der Waals surface area contributed by atoms with Gasteiger partial charge in [-0.3, -0.25) is 14.3 Å². The summed E-state index contributed by atoms with van der Waals surface area (Å²) in [6, 6.07) is 0. The van der Waals surface area contributed by atoms with Crippen LogP contribution in [0.5, 0.6) is 0 Å². The van der Waals surface area contributed by atoms with E-state index in [1.54, 1.807) is 0 Å². The fraction of sp³-hybridized carbons (Fsp3) is 0.500. The minimum absolute atomic E-state index is 0. The summed E-state index contributed by atoms with van der Waals surface area (Å²) in [6.45, 7) is -0.277. The van der Waals surface area contributed by atoms with E-state index < -0.39 is 24.0 Å². The van der Waals surface area contributed by atoms with Crippen molar-refractivity contribution in [1.82, 2.24) is 19.5 Å². The summed E-state index contributed by atoms with van der Waals surface area (Å²) in [7, 11) is 0. The Balaban J connectivity index is 0.00000110. The maximum absolute atomic E-state index is 11.6. The number of rotatable bonds is 2. The molecule has 0 bridgehead atoms. The summed E-state index contributed by atoms with van der Waals surface area (Å²) in [5.74, 6) is -0.0171. The number of anilines is 1. The zero-order chi connectivity index (χ0) is 13.6. The molecule has 11 heteroatoms. The standard InChI is InChI=1S/C10H13N5O4.2H2O/c11-10-13-8-7(9(18)14-10)12-3-15(8)6-1-4(17)5(2-16)19-6;;/h3-6,16-17H,1-2H2,(H3,11,13,14,18);2*1H2/t4-,5+,6+;;/m0../s1. The number of ether oxygens (including phenoxy) is 1. The topological polar surface area (TPSA) is 202 Å². The molecule has 1 saturated heterocycles. The van der Waals surface area contributed by atoms with Crippen LogP contribution in [0.1, 0.15) is 12.6 Å². The Morgan fingerprint density at radius 3 is 2.86 bits per heavy atom. The maximum atomic E-state index is 11.6. The second-order valence-electron chi connectivity index (χ2n) is 4.39. The number of aliphatic hydroxyl groups is 2. The first kappa shape index (κ1) is 17.0. The van der Waals surface area contributed by atoms with Crippen molar-refractivity contribution in [3.05, 3.63) is 16.7 Å². The zero-order valence-corrected chi connectivity index (χ0v) is 10.9. The van der Waals surface area contributed by atoms with Crippen molar-refractivity contribution in [2.45, 2.75) is 24.9 Å². The summed E-state index contributed by atoms with van der Waals surface area (Å²) in [4.78, 5) is 22.0. The van der Waals surface area contributed by atoms with Crippen molar-refractivity contribution in [1.29, 1.82) is 0 Å². The van der Waals surface area contributed by atoms with Gasteiger partial charge in [0.05, 0.1) is 19.0 Å². The Bertz CT molecular complexity index is 669. The molecule has 0 saturated carbocycles. The van der Waals surface area contributed by atoms with Crippen LogP contribution in [0.2, 0.25) is 0 Å². The normalized spacial score (nSPS) is 24.6. The first-order valence-corrected chi connectivity index (χ1v) is 5.77. The first-order chi connectivity index (χ1) is 9.10. The van der Waals surface area contributed by atoms with Crippen molar-refractivity contribution in [2.24, 2.45) is 0 Å². The smallest absolute Gasteiger partial charge is 0.280 e. The SMILES string of the molecule is Nc1nc2c(ncn2[C@H]2C[C@H](O)[C@@H](CO)O2)c(=O)[nH]1.O.O. The molecule has 0 spiro atoms. The second kappa shape index (κ2) is 6.15. The fourth-order valence-electron chi connectivity index (χ4n) is 2.20. The number of nitrogen functional groups attached to an aromatic ring is 1. The number of aromatic nitrogens is 4. The van der Waals surface area contributed by atoms with E-state index in [1.807, 2.05) is 0 Å². The fourth-order valence-corrected chi connectivity index (χ4v) is 2.20. The summed E-state index contributed by atoms with van der Waals surface area (Å²) < 4.78 is 7.01. The number of aliphatic hydroxyl groups excluding tert-OH is 2. The largest absolute Gasteiger partial charge is 0.412 e. The average Bonchev–Trinajstić information content (AvgIpc) is 2.92. The van der Waals surface area contributed by atoms with Gasteiger partial charge in [0.2, 0.25) is 5.95 Å². The Morgan fingerprint density at radius 2 is 2.24 bits per heavy atom. The number of fused-ring (bicyclic) bond motifs is 1. The molecule has 1 aliphatic heterocycles. The summed E-state index contributed by atoms with van der Waals surface area (Å²) in [6.07, 6.45) is -0.270. The Hall–Kier alpha value is -2.05. The molecule has 9 N–H and O–H groups in total. The van der Waals surface area contributed by atoms with Gasteiger partial charge >= 0.3 is 0 Å². The molecule has 0 radical (unpaired) electrons. The molecular formula is C10H17N5O6. The highest BCUT2D eigenvalue weighted by Crippen LogP contribution is 2.30. The maximum Gasteiger partial charge on any atom is 0.280 e. The van der Waals surface area contributed by atoms with Gasteiger partial charge in [-0.2, -0.15) is 4.98 Å². The van der Waals surface area contributed by atoms with Gasteiger partial charge < -0.3 is 31.6 Å². The first-order valence-electron chi connectivity index (χ1n) is 5.77. The van der Waals surface area contributed by atoms with Crippen LogP contribution in [0.15, 0.2) is 11.1 Å². The number of nitrogens with zero attached hydrogens (tertiary/aromatic N) is 3. The van der Waals surface area contributed by atoms with Crippen molar-refractivity contribution < 1.29 is 25.9 Å². The van der Waals surface area contributed by atoms with Gasteiger partial charge in [-0.15, -0.1) is 0 Å². The van der Waals surface area contributed by atoms with Gasteiger partial charge in [-0.25, -0.2) is 4.98 Å². The number of nitrogens with one attached hydrogen (secondary N) is 1. The highest BCUT2D eigenvalue weighted by molar-refractivity contribution is 5.70. The Morgan fingerprint density at radius 1 is 1.52 bits per heavy atom. The van der Waals surface area contributed by atoms with Crippen LogP contribution in [-0.2, 0) is 4.74 Å². The molecule has 3 rings (SSSR count). The van der Waals surface area contributed by atoms with E-state index in [2.05, 4.69) is 15.0 Å². The lowest BCUT2D eigenvalue weighted by Crippen LogP contribution is -2.24. The molecule has 2 aromatic heterocycles. The van der Waals surface area contributed by atoms with Crippen LogP contribution in [0.4, 0.5) is 5.95 Å². The molecule has 1 aliphatic rings. The van der Waals surface area contributed by atoms with Crippen LogP contribution in [0, 0.1) is 0 Å². The zero-order valence-electron chi connectivity index (χ0n) is 10.9. The van der Waals surface area contributed by atoms with E-state index in [9.17, 15) is 9.90 Å². The molecular weight excluding hydrogens is 286 g/mol. The lowest BCUT2D eigenvalue weighted by atomic mass is 10.2. The van der Waals surface area contributed by atoms with Gasteiger partial charge in [0.1, 0.15) is 12.3 Å². The van der Waals surface area contributed by atoms with E-state index in [4.69, 9.17) is 15.6 Å². The van der Waals surface area contributed by atoms with Crippen LogP contribution in [0.3, 0.4) is 0 Å². The van der Waals surface area contributed by atoms with Crippen LogP contribution < -0.4 is 11.3 Å². The average molecular weight is 303 g/mol. The predicted molar refractivity (Wildman–Crippen MR) is 71.4 cm³/mol. The van der Waals surface area contributed by atoms with E-state index >= 15 is 0 Å². The molecule has 0 amide bonds. The highest BCUT2D eigenvalue weighted by atomic mass is 16.5. The number of nitrogens with two attached hydrogens (primary N) is 1. The molecule has 0 aliphatic carbocycles. The molecule has 0 aromatic carbocycles. The van der Waals surface area contributed by atoms with E-state index in [1.165, 1.54) is 10.9 Å². The number of imidazole rings is 1. The van der Waals surface area contributed by atoms with Crippen molar-refractivity contribution >= 4 is 17.1 Å². The monoisotopic (exact) mass is 303 g/mol. The van der Waals surface area contributed by atoms with Crippen molar-refractivity contribution in [3.63, 3.8) is 0 Å². The van der Waals surface area contributed by atoms with Crippen molar-refractivity contribution in [2.75, 3.05) is 12.3 Å². The van der Waals surface area contributed by atoms with Crippen LogP contribution in [0.25, 0.3) is 11.2 Å². The highest BCUT2D eigenvalue weighted by Gasteiger charge is 2.35. The molecule has 3 heterocycles. The van der Waals surface area contributed by atoms with Crippen LogP contribution in [-0.4, -0.2) is 59.5 Å². The lowest BCUT2D eigenvalue weighted by Gasteiger charge is -2.13. The molecule has 11 nitrogen and oxygen atoms in total. The third-order valence-electron chi connectivity index (χ3n) is 3.15. The van der Waals surface area contributed by atoms with Gasteiger partial charge in [0.15, 0.2) is 11.2 Å². The van der Waals surface area contributed by atoms with E-state index in [0.717, 1.165) is 0 Å². The molecule has 1 fully saturated rings. The molecule has 0 unspecified atom stereocenters. The van der Waals surface area contributed by atoms with Gasteiger partial charge in [0, 0.05) is 6.42 Å². The third kappa shape index (κ3) is 2.72. The molecule has 118 valence electrons. The van der Waals surface area contributed by atoms with E-state index in [-0.39, 0.29) is 41.1 Å². The summed E-state index contributed by atoms with van der Waals surface area (Å²) in [5.41, 5.74) is 5.50. The van der Waals surface area contributed by atoms with Crippen molar-refractivity contribution in [3.8, 4) is 0 Å². The van der Waals surface area contributed by atoms with Gasteiger partial charge in [-0.05, 0) is 0 Å². The predicted octanol–water partition coefficient (Wildman–Crippen LogP) is -3.31. The Kier molecular flexibility index (Phi) is 4.98. The molecule has 21 heavy (non-hydrogen) atoms. The summed E-state index contributed by atoms with van der Waals surface area (Å²) >= 11 is 0. The second-order valence-corrected chi connectivity index (χ2v) is 4.39. The minimum atomic E-state index is -0.771. The van der Waals surface area contributed by atoms with Gasteiger partial charge in [0.25, 0.3) is 5.56 Å². The number of aromatic amines is 1. The third-order valence-corrected chi connectivity index (χ3v) is 3.15. The van der Waals surface area contributed by atoms with Crippen LogP contribution >= 0.6 is 0 Å². The number of hydrogen-bond donors (Lipinski definition) is 4. The summed E-state index contributed by atoms with van der Waals surface area (Å²) in [5, 5.41) is 18.8. The molecule has 3 atom stereocenters. The number of hydrogen-bond acceptors (Lipinski definition) is 7. The lowest BCUT2D eigenvalue weighted by molar-refractivity contribution is -0.0432.